The lowest BCUT2D eigenvalue weighted by Gasteiger charge is -2.22. The third kappa shape index (κ3) is 6.20. The lowest BCUT2D eigenvalue weighted by Crippen LogP contribution is -2.34. The molecule has 10 nitrogen and oxygen atoms in total. The maximum absolute atomic E-state index is 14.1. The van der Waals surface area contributed by atoms with Crippen LogP contribution in [0.4, 0.5) is 5.82 Å². The summed E-state index contributed by atoms with van der Waals surface area (Å²) in [5.74, 6) is 0.709. The van der Waals surface area contributed by atoms with Gasteiger partial charge in [-0.3, -0.25) is 9.78 Å². The van der Waals surface area contributed by atoms with E-state index in [0.29, 0.717) is 30.0 Å². The molecule has 0 amide bonds. The molecule has 0 bridgehead atoms. The summed E-state index contributed by atoms with van der Waals surface area (Å²) in [5.41, 5.74) is 5.53. The zero-order valence-electron chi connectivity index (χ0n) is 25.5. The van der Waals surface area contributed by atoms with Crippen LogP contribution in [-0.2, 0) is 38.9 Å². The van der Waals surface area contributed by atoms with Crippen molar-refractivity contribution in [3.63, 3.8) is 0 Å². The molecule has 0 aliphatic carbocycles. The van der Waals surface area contributed by atoms with Gasteiger partial charge in [-0.25, -0.2) is 12.7 Å². The lowest BCUT2D eigenvalue weighted by molar-refractivity contribution is 0.0753. The smallest absolute Gasteiger partial charge is 0.277 e. The number of anilines is 1. The first-order valence-electron chi connectivity index (χ1n) is 14.4. The fourth-order valence-electron chi connectivity index (χ4n) is 4.99. The highest BCUT2D eigenvalue weighted by atomic mass is 32.2. The number of benzene rings is 1. The number of ether oxygens (including phenoxy) is 2. The largest absolute Gasteiger partial charge is 0.382 e. The Morgan fingerprint density at radius 3 is 2.45 bits per heavy atom. The van der Waals surface area contributed by atoms with Gasteiger partial charge in [-0.05, 0) is 61.4 Å². The Morgan fingerprint density at radius 2 is 1.80 bits per heavy atom. The van der Waals surface area contributed by atoms with Crippen molar-refractivity contribution < 1.29 is 22.4 Å². The summed E-state index contributed by atoms with van der Waals surface area (Å²) in [6.07, 6.45) is 1.55. The van der Waals surface area contributed by atoms with Crippen molar-refractivity contribution in [2.75, 3.05) is 31.4 Å². The van der Waals surface area contributed by atoms with E-state index in [1.165, 1.54) is 0 Å². The van der Waals surface area contributed by atoms with Crippen LogP contribution in [0.25, 0.3) is 22.0 Å². The Morgan fingerprint density at radius 1 is 1.02 bits per heavy atom. The van der Waals surface area contributed by atoms with Crippen molar-refractivity contribution in [2.24, 2.45) is 0 Å². The van der Waals surface area contributed by atoms with E-state index in [1.807, 2.05) is 36.4 Å². The molecule has 5 aromatic rings. The average Bonchev–Trinajstić information content (AvgIpc) is 3.65. The Kier molecular flexibility index (Phi) is 9.64. The number of sulfonamides is 1. The van der Waals surface area contributed by atoms with Gasteiger partial charge in [-0.15, -0.1) is 11.3 Å². The van der Waals surface area contributed by atoms with Crippen LogP contribution in [0, 0.1) is 13.8 Å². The van der Waals surface area contributed by atoms with E-state index in [0.717, 1.165) is 61.9 Å². The van der Waals surface area contributed by atoms with Crippen LogP contribution in [-0.4, -0.2) is 50.2 Å². The first-order chi connectivity index (χ1) is 21.2. The van der Waals surface area contributed by atoms with Crippen LogP contribution in [0.1, 0.15) is 42.1 Å². The number of fused-ring (bicyclic) bond motifs is 1. The molecule has 0 saturated carbocycles. The summed E-state index contributed by atoms with van der Waals surface area (Å²) in [6, 6.07) is 14.8. The highest BCUT2D eigenvalue weighted by Crippen LogP contribution is 2.37. The molecule has 12 heteroatoms. The summed E-state index contributed by atoms with van der Waals surface area (Å²) < 4.78 is 47.2. The maximum Gasteiger partial charge on any atom is 0.277 e. The van der Waals surface area contributed by atoms with E-state index in [2.05, 4.69) is 19.0 Å². The molecule has 0 unspecified atom stereocenters. The summed E-state index contributed by atoms with van der Waals surface area (Å²) in [7, 11) is -2.53. The van der Waals surface area contributed by atoms with Crippen molar-refractivity contribution in [2.45, 2.75) is 51.3 Å². The molecule has 232 valence electrons. The molecule has 5 rings (SSSR count). The van der Waals surface area contributed by atoms with Crippen LogP contribution in [0.2, 0.25) is 0 Å². The minimum atomic E-state index is -4.08. The van der Waals surface area contributed by atoms with E-state index in [-0.39, 0.29) is 28.9 Å². The first-order valence-corrected chi connectivity index (χ1v) is 16.7. The number of hydrogen-bond donors (Lipinski definition) is 0. The number of aromatic nitrogens is 3. The molecule has 0 spiro atoms. The highest BCUT2D eigenvalue weighted by Gasteiger charge is 2.33. The Labute approximate surface area is 260 Å². The number of aryl methyl sites for hydroxylation is 3. The van der Waals surface area contributed by atoms with Gasteiger partial charge in [-0.1, -0.05) is 43.3 Å². The molecule has 1 aromatic carbocycles. The van der Waals surface area contributed by atoms with E-state index >= 15 is 0 Å². The lowest BCUT2D eigenvalue weighted by atomic mass is 10.1. The van der Waals surface area contributed by atoms with Gasteiger partial charge in [0.05, 0.1) is 25.3 Å². The van der Waals surface area contributed by atoms with E-state index < -0.39 is 10.0 Å². The van der Waals surface area contributed by atoms with Crippen LogP contribution in [0.5, 0.6) is 0 Å². The van der Waals surface area contributed by atoms with Crippen LogP contribution in [0.15, 0.2) is 67.4 Å². The molecule has 0 aliphatic heterocycles. The van der Waals surface area contributed by atoms with Gasteiger partial charge >= 0.3 is 0 Å². The van der Waals surface area contributed by atoms with Crippen molar-refractivity contribution >= 4 is 38.1 Å². The molecule has 0 aliphatic rings. The molecular weight excluding hydrogens is 601 g/mol. The summed E-state index contributed by atoms with van der Waals surface area (Å²) in [6.45, 7) is 8.28. The Balaban J connectivity index is 1.47. The van der Waals surface area contributed by atoms with Gasteiger partial charge in [0, 0.05) is 41.1 Å². The van der Waals surface area contributed by atoms with Gasteiger partial charge in [0.1, 0.15) is 16.7 Å². The van der Waals surface area contributed by atoms with Gasteiger partial charge in [0.2, 0.25) is 0 Å². The van der Waals surface area contributed by atoms with Crippen molar-refractivity contribution in [1.29, 1.82) is 0 Å². The SMILES string of the molecule is CCc1cc2c(ccc(=O)n2Cc2ccc(-c3ccsc3S(=O)(=O)N(COCCOC)c3noc(C)c3C)cc2)c(CC)n1. The van der Waals surface area contributed by atoms with Crippen LogP contribution >= 0.6 is 11.3 Å². The molecule has 0 atom stereocenters. The van der Waals surface area contributed by atoms with E-state index in [4.69, 9.17) is 19.0 Å². The fourth-order valence-corrected chi connectivity index (χ4v) is 7.82. The number of hydrogen-bond acceptors (Lipinski definition) is 9. The number of rotatable bonds is 13. The second-order valence-corrected chi connectivity index (χ2v) is 13.3. The van der Waals surface area contributed by atoms with Gasteiger partial charge in [-0.2, -0.15) is 0 Å². The minimum Gasteiger partial charge on any atom is -0.382 e. The average molecular weight is 637 g/mol. The molecule has 0 N–H and O–H groups in total. The third-order valence-corrected chi connectivity index (χ3v) is 10.8. The highest BCUT2D eigenvalue weighted by molar-refractivity contribution is 7.94. The topological polar surface area (TPSA) is 117 Å². The molecular formula is C32H36N4O6S2. The van der Waals surface area contributed by atoms with Crippen LogP contribution < -0.4 is 9.86 Å². The van der Waals surface area contributed by atoms with Crippen molar-refractivity contribution in [1.82, 2.24) is 14.7 Å². The zero-order valence-corrected chi connectivity index (χ0v) is 27.1. The second kappa shape index (κ2) is 13.4. The summed E-state index contributed by atoms with van der Waals surface area (Å²) in [5, 5.41) is 6.75. The van der Waals surface area contributed by atoms with Crippen molar-refractivity contribution in [3.05, 3.63) is 92.5 Å². The van der Waals surface area contributed by atoms with Gasteiger partial charge in [0.25, 0.3) is 15.6 Å². The molecule has 4 heterocycles. The van der Waals surface area contributed by atoms with Gasteiger partial charge < -0.3 is 18.6 Å². The minimum absolute atomic E-state index is 0.0886. The predicted molar refractivity (Wildman–Crippen MR) is 172 cm³/mol. The summed E-state index contributed by atoms with van der Waals surface area (Å²) in [4.78, 5) is 17.8. The number of thiophene rings is 1. The number of pyridine rings is 2. The Bertz CT molecular complexity index is 1930. The molecule has 44 heavy (non-hydrogen) atoms. The fraction of sp³-hybridized carbons (Fsp3) is 0.344. The van der Waals surface area contributed by atoms with E-state index in [1.54, 1.807) is 43.0 Å². The standard InChI is InChI=1S/C32H36N4O6S2/c1-6-25-18-29-27(28(7-2)33-25)12-13-30(37)35(29)19-23-8-10-24(11-9-23)26-14-17-43-32(26)44(38,39)36(20-41-16-15-40-5)31-21(3)22(4)42-34-31/h8-14,17-18H,6-7,15-16,19-20H2,1-5H3. The molecule has 0 radical (unpaired) electrons. The van der Waals surface area contributed by atoms with E-state index in [9.17, 15) is 13.2 Å². The Hall–Kier alpha value is -3.84. The molecule has 0 fully saturated rings. The second-order valence-electron chi connectivity index (χ2n) is 10.3. The monoisotopic (exact) mass is 636 g/mol. The third-order valence-electron chi connectivity index (χ3n) is 7.58. The van der Waals surface area contributed by atoms with Gasteiger partial charge in [0.15, 0.2) is 5.82 Å². The maximum atomic E-state index is 14.1. The first kappa shape index (κ1) is 31.6. The quantitative estimate of drug-likeness (QED) is 0.119. The number of methoxy groups -OCH3 is 1. The normalized spacial score (nSPS) is 11.8. The molecule has 4 aromatic heterocycles. The summed E-state index contributed by atoms with van der Waals surface area (Å²) >= 11 is 1.13. The van der Waals surface area contributed by atoms with Crippen LogP contribution in [0.3, 0.4) is 0 Å². The number of nitrogens with zero attached hydrogens (tertiary/aromatic N) is 4. The zero-order chi connectivity index (χ0) is 31.4. The molecule has 0 saturated heterocycles. The predicted octanol–water partition coefficient (Wildman–Crippen LogP) is 5.72. The van der Waals surface area contributed by atoms with Crippen molar-refractivity contribution in [3.8, 4) is 11.1 Å².